The van der Waals surface area contributed by atoms with Crippen LogP contribution in [-0.4, -0.2) is 45.5 Å². The predicted octanol–water partition coefficient (Wildman–Crippen LogP) is 0.478. The number of methoxy groups -OCH3 is 1. The second-order valence-electron chi connectivity index (χ2n) is 5.55. The van der Waals surface area contributed by atoms with Gasteiger partial charge in [0.2, 0.25) is 5.91 Å². The van der Waals surface area contributed by atoms with Gasteiger partial charge < -0.3 is 15.4 Å². The highest BCUT2D eigenvalue weighted by molar-refractivity contribution is 7.92. The van der Waals surface area contributed by atoms with Crippen LogP contribution in [0.15, 0.2) is 24.3 Å². The molecule has 1 aromatic carbocycles. The summed E-state index contributed by atoms with van der Waals surface area (Å²) in [6.45, 7) is 1.36. The van der Waals surface area contributed by atoms with Crippen LogP contribution in [0.25, 0.3) is 0 Å². The van der Waals surface area contributed by atoms with Crippen molar-refractivity contribution in [3.05, 3.63) is 29.8 Å². The van der Waals surface area contributed by atoms with E-state index in [0.29, 0.717) is 32.5 Å². The van der Waals surface area contributed by atoms with Crippen LogP contribution in [0, 0.1) is 0 Å². The number of hydrogen-bond donors (Lipinski definition) is 2. The number of rotatable bonds is 5. The van der Waals surface area contributed by atoms with E-state index in [1.54, 1.807) is 19.2 Å². The zero-order valence-corrected chi connectivity index (χ0v) is 13.7. The molecule has 1 heterocycles. The maximum Gasteiger partial charge on any atom is 0.241 e. The molecule has 0 saturated carbocycles. The molecule has 0 unspecified atom stereocenters. The van der Waals surface area contributed by atoms with Crippen molar-refractivity contribution in [2.24, 2.45) is 0 Å². The standard InChI is InChI=1S/C15H22N2O4S/c1-21-13-5-3-12(4-6-13)11-17-14(18)15(22(2,19)20)7-9-16-10-8-15/h3-6,16H,7-11H2,1-2H3,(H,17,18). The maximum atomic E-state index is 12.5. The quantitative estimate of drug-likeness (QED) is 0.822. The molecule has 0 radical (unpaired) electrons. The largest absolute Gasteiger partial charge is 0.497 e. The normalized spacial score (nSPS) is 17.7. The molecular weight excluding hydrogens is 304 g/mol. The lowest BCUT2D eigenvalue weighted by atomic mass is 9.95. The van der Waals surface area contributed by atoms with Gasteiger partial charge in [0, 0.05) is 12.8 Å². The molecule has 22 heavy (non-hydrogen) atoms. The van der Waals surface area contributed by atoms with Crippen molar-refractivity contribution in [3.8, 4) is 5.75 Å². The van der Waals surface area contributed by atoms with E-state index < -0.39 is 20.5 Å². The highest BCUT2D eigenvalue weighted by atomic mass is 32.2. The third kappa shape index (κ3) is 3.41. The van der Waals surface area contributed by atoms with Crippen molar-refractivity contribution in [1.29, 1.82) is 0 Å². The van der Waals surface area contributed by atoms with Gasteiger partial charge in [0.05, 0.1) is 7.11 Å². The number of ether oxygens (including phenoxy) is 1. The van der Waals surface area contributed by atoms with Gasteiger partial charge in [-0.1, -0.05) is 12.1 Å². The molecule has 2 N–H and O–H groups in total. The van der Waals surface area contributed by atoms with Crippen LogP contribution < -0.4 is 15.4 Å². The molecule has 0 atom stereocenters. The average molecular weight is 326 g/mol. The Bertz CT molecular complexity index is 619. The van der Waals surface area contributed by atoms with E-state index in [9.17, 15) is 13.2 Å². The van der Waals surface area contributed by atoms with Gasteiger partial charge in [-0.15, -0.1) is 0 Å². The fraction of sp³-hybridized carbons (Fsp3) is 0.533. The van der Waals surface area contributed by atoms with Crippen LogP contribution in [0.1, 0.15) is 18.4 Å². The van der Waals surface area contributed by atoms with E-state index in [-0.39, 0.29) is 0 Å². The van der Waals surface area contributed by atoms with E-state index in [1.807, 2.05) is 12.1 Å². The van der Waals surface area contributed by atoms with Crippen LogP contribution in [0.5, 0.6) is 5.75 Å². The Kier molecular flexibility index (Phi) is 5.08. The Morgan fingerprint density at radius 3 is 2.36 bits per heavy atom. The van der Waals surface area contributed by atoms with Crippen molar-refractivity contribution < 1.29 is 17.9 Å². The molecule has 1 aromatic rings. The lowest BCUT2D eigenvalue weighted by Crippen LogP contribution is -2.57. The molecule has 6 nitrogen and oxygen atoms in total. The summed E-state index contributed by atoms with van der Waals surface area (Å²) in [5.74, 6) is 0.327. The molecular formula is C15H22N2O4S. The summed E-state index contributed by atoms with van der Waals surface area (Å²) < 4.78 is 28.0. The molecule has 0 aliphatic carbocycles. The van der Waals surface area contributed by atoms with Gasteiger partial charge in [-0.3, -0.25) is 4.79 Å². The summed E-state index contributed by atoms with van der Waals surface area (Å²) in [6, 6.07) is 7.29. The molecule has 1 amide bonds. The smallest absolute Gasteiger partial charge is 0.241 e. The molecule has 1 saturated heterocycles. The van der Waals surface area contributed by atoms with Gasteiger partial charge in [0.15, 0.2) is 14.6 Å². The molecule has 0 spiro atoms. The van der Waals surface area contributed by atoms with Crippen molar-refractivity contribution in [3.63, 3.8) is 0 Å². The number of benzene rings is 1. The lowest BCUT2D eigenvalue weighted by Gasteiger charge is -2.34. The second kappa shape index (κ2) is 6.66. The van der Waals surface area contributed by atoms with Gasteiger partial charge in [-0.2, -0.15) is 0 Å². The van der Waals surface area contributed by atoms with E-state index >= 15 is 0 Å². The summed E-state index contributed by atoms with van der Waals surface area (Å²) in [4.78, 5) is 12.5. The van der Waals surface area contributed by atoms with Crippen molar-refractivity contribution in [1.82, 2.24) is 10.6 Å². The molecule has 122 valence electrons. The lowest BCUT2D eigenvalue weighted by molar-refractivity contribution is -0.124. The summed E-state index contributed by atoms with van der Waals surface area (Å²) in [5, 5.41) is 5.86. The average Bonchev–Trinajstić information content (AvgIpc) is 2.52. The zero-order valence-electron chi connectivity index (χ0n) is 12.9. The SMILES string of the molecule is COc1ccc(CNC(=O)C2(S(C)(=O)=O)CCNCC2)cc1. The number of piperidine rings is 1. The Morgan fingerprint density at radius 1 is 1.27 bits per heavy atom. The Labute approximate surface area is 131 Å². The molecule has 1 fully saturated rings. The topological polar surface area (TPSA) is 84.5 Å². The summed E-state index contributed by atoms with van der Waals surface area (Å²) in [5.41, 5.74) is 0.895. The first-order valence-corrected chi connectivity index (χ1v) is 9.10. The van der Waals surface area contributed by atoms with Crippen LogP contribution in [-0.2, 0) is 21.2 Å². The Balaban J connectivity index is 2.08. The number of nitrogens with one attached hydrogen (secondary N) is 2. The van der Waals surface area contributed by atoms with Crippen LogP contribution in [0.3, 0.4) is 0 Å². The highest BCUT2D eigenvalue weighted by Gasteiger charge is 2.48. The van der Waals surface area contributed by atoms with E-state index in [2.05, 4.69) is 10.6 Å². The predicted molar refractivity (Wildman–Crippen MR) is 84.5 cm³/mol. The molecule has 1 aliphatic heterocycles. The second-order valence-corrected chi connectivity index (χ2v) is 7.87. The van der Waals surface area contributed by atoms with Crippen molar-refractivity contribution in [2.75, 3.05) is 26.5 Å². The minimum atomic E-state index is -3.47. The number of hydrogen-bond acceptors (Lipinski definition) is 5. The van der Waals surface area contributed by atoms with E-state index in [1.165, 1.54) is 0 Å². The molecule has 0 aromatic heterocycles. The summed E-state index contributed by atoms with van der Waals surface area (Å²) in [7, 11) is -1.89. The first kappa shape index (κ1) is 16.8. The third-order valence-electron chi connectivity index (χ3n) is 4.15. The minimum absolute atomic E-state index is 0.299. The first-order chi connectivity index (χ1) is 10.4. The van der Waals surface area contributed by atoms with E-state index in [4.69, 9.17) is 4.74 Å². The highest BCUT2D eigenvalue weighted by Crippen LogP contribution is 2.28. The van der Waals surface area contributed by atoms with Gasteiger partial charge in [-0.05, 0) is 43.6 Å². The summed E-state index contributed by atoms with van der Waals surface area (Å²) in [6.07, 6.45) is 1.76. The molecule has 2 rings (SSSR count). The van der Waals surface area contributed by atoms with Crippen LogP contribution in [0.2, 0.25) is 0 Å². The van der Waals surface area contributed by atoms with Crippen LogP contribution >= 0.6 is 0 Å². The monoisotopic (exact) mass is 326 g/mol. The number of carbonyl (C=O) groups excluding carboxylic acids is 1. The zero-order chi connectivity index (χ0) is 16.2. The fourth-order valence-electron chi connectivity index (χ4n) is 2.68. The van der Waals surface area contributed by atoms with E-state index in [0.717, 1.165) is 17.6 Å². The fourth-order valence-corrected chi connectivity index (χ4v) is 4.04. The minimum Gasteiger partial charge on any atom is -0.497 e. The third-order valence-corrected chi connectivity index (χ3v) is 6.16. The first-order valence-electron chi connectivity index (χ1n) is 7.20. The number of amides is 1. The van der Waals surface area contributed by atoms with Crippen LogP contribution in [0.4, 0.5) is 0 Å². The van der Waals surface area contributed by atoms with Gasteiger partial charge in [-0.25, -0.2) is 8.42 Å². The summed E-state index contributed by atoms with van der Waals surface area (Å²) >= 11 is 0. The molecule has 1 aliphatic rings. The number of sulfone groups is 1. The number of carbonyl (C=O) groups is 1. The maximum absolute atomic E-state index is 12.5. The van der Waals surface area contributed by atoms with Crippen molar-refractivity contribution in [2.45, 2.75) is 24.1 Å². The van der Waals surface area contributed by atoms with Gasteiger partial charge in [0.25, 0.3) is 0 Å². The van der Waals surface area contributed by atoms with Gasteiger partial charge in [0.1, 0.15) is 5.75 Å². The Hall–Kier alpha value is -1.60. The van der Waals surface area contributed by atoms with Crippen molar-refractivity contribution >= 4 is 15.7 Å². The molecule has 0 bridgehead atoms. The Morgan fingerprint density at radius 2 is 1.86 bits per heavy atom. The molecule has 7 heteroatoms. The van der Waals surface area contributed by atoms with Gasteiger partial charge >= 0.3 is 0 Å².